The van der Waals surface area contributed by atoms with E-state index in [2.05, 4.69) is 0 Å². The first-order valence-electron chi connectivity index (χ1n) is 0.408. The van der Waals surface area contributed by atoms with Crippen molar-refractivity contribution in [3.05, 3.63) is 0 Å². The Morgan fingerprint density at radius 3 is 1.25 bits per heavy atom. The van der Waals surface area contributed by atoms with E-state index >= 15 is 0 Å². The fraction of sp³-hybridized carbons (Fsp3) is 0. The fourth-order valence-corrected chi connectivity index (χ4v) is 0. The van der Waals surface area contributed by atoms with Crippen molar-refractivity contribution in [3.63, 3.8) is 0 Å². The molecule has 0 atom stereocenters. The van der Waals surface area contributed by atoms with Gasteiger partial charge in [0.25, 0.3) is 0 Å². The molecule has 0 aliphatic rings. The van der Waals surface area contributed by atoms with E-state index in [1.807, 2.05) is 0 Å². The van der Waals surface area contributed by atoms with Gasteiger partial charge in [-0.3, -0.25) is 0 Å². The monoisotopic (exact) mass is 270 g/mol. The van der Waals surface area contributed by atoms with Gasteiger partial charge in [-0.05, 0) is 0 Å². The van der Waals surface area contributed by atoms with Crippen molar-refractivity contribution in [2.45, 2.75) is 0 Å². The first kappa shape index (κ1) is 8.99. The van der Waals surface area contributed by atoms with Crippen LogP contribution in [0.3, 0.4) is 0 Å². The SMILES string of the molecule is [InH3].[O]=[Sn]=[O]. The van der Waals surface area contributed by atoms with Crippen molar-refractivity contribution in [1.82, 2.24) is 0 Å². The summed E-state index contributed by atoms with van der Waals surface area (Å²) in [6.07, 6.45) is 0. The van der Waals surface area contributed by atoms with Gasteiger partial charge in [0.1, 0.15) is 0 Å². The minimum absolute atomic E-state index is 0. The van der Waals surface area contributed by atoms with Gasteiger partial charge in [0, 0.05) is 0 Å². The van der Waals surface area contributed by atoms with Gasteiger partial charge in [-0.2, -0.15) is 0 Å². The van der Waals surface area contributed by atoms with E-state index in [0.29, 0.717) is 0 Å². The van der Waals surface area contributed by atoms with E-state index in [9.17, 15) is 0 Å². The van der Waals surface area contributed by atoms with E-state index < -0.39 is 21.1 Å². The van der Waals surface area contributed by atoms with Crippen molar-refractivity contribution in [3.8, 4) is 0 Å². The molecule has 0 rings (SSSR count). The van der Waals surface area contributed by atoms with Gasteiger partial charge in [-0.1, -0.05) is 0 Å². The third kappa shape index (κ3) is 10.5. The van der Waals surface area contributed by atoms with Crippen LogP contribution in [0.25, 0.3) is 0 Å². The van der Waals surface area contributed by atoms with Gasteiger partial charge in [-0.15, -0.1) is 0 Å². The Morgan fingerprint density at radius 1 is 1.25 bits per heavy atom. The molecule has 0 N–H and O–H groups in total. The summed E-state index contributed by atoms with van der Waals surface area (Å²) in [5, 5.41) is 0. The van der Waals surface area contributed by atoms with Crippen LogP contribution < -0.4 is 0 Å². The first-order valence-corrected chi connectivity index (χ1v) is 2.74. The molecule has 4 heteroatoms. The van der Waals surface area contributed by atoms with Crippen LogP contribution in [0.15, 0.2) is 0 Å². The molecule has 22 valence electrons. The summed E-state index contributed by atoms with van der Waals surface area (Å²) in [4.78, 5) is 0. The van der Waals surface area contributed by atoms with Gasteiger partial charge in [0.05, 0.1) is 0 Å². The predicted octanol–water partition coefficient (Wildman–Crippen LogP) is -1.80. The van der Waals surface area contributed by atoms with Crippen LogP contribution in [-0.4, -0.2) is 47.0 Å². The molecule has 0 saturated heterocycles. The second-order valence-electron chi connectivity index (χ2n) is 0.0833. The Hall–Kier alpha value is 1.27. The molecule has 0 aromatic carbocycles. The molecular weight excluding hydrogens is 266 g/mol. The average Bonchev–Trinajstić information content (AvgIpc) is 0.918. The van der Waals surface area contributed by atoms with Crippen molar-refractivity contribution in [1.29, 1.82) is 0 Å². The van der Waals surface area contributed by atoms with Gasteiger partial charge in [0.2, 0.25) is 0 Å². The van der Waals surface area contributed by atoms with Crippen molar-refractivity contribution in [2.24, 2.45) is 0 Å². The molecule has 0 saturated carbocycles. The normalized spacial score (nSPS) is 2.00. The second kappa shape index (κ2) is 8.86. The number of hydrogen-bond acceptors (Lipinski definition) is 2. The van der Waals surface area contributed by atoms with Gasteiger partial charge in [-0.25, -0.2) is 0 Å². The van der Waals surface area contributed by atoms with E-state index in [4.69, 9.17) is 6.15 Å². The van der Waals surface area contributed by atoms with E-state index in [1.54, 1.807) is 0 Å². The van der Waals surface area contributed by atoms with Gasteiger partial charge >= 0.3 is 53.1 Å². The minimum atomic E-state index is -2.27. The zero-order chi connectivity index (χ0) is 2.71. The molecule has 0 radical (unpaired) electrons. The summed E-state index contributed by atoms with van der Waals surface area (Å²) in [6, 6.07) is 0. The van der Waals surface area contributed by atoms with E-state index in [0.717, 1.165) is 0 Å². The zero-order valence-corrected chi connectivity index (χ0v) is 4.17. The molecule has 4 heavy (non-hydrogen) atoms. The van der Waals surface area contributed by atoms with Crippen LogP contribution in [0.2, 0.25) is 0 Å². The molecule has 0 bridgehead atoms. The molecule has 0 aromatic heterocycles. The van der Waals surface area contributed by atoms with Crippen molar-refractivity contribution < 1.29 is 6.15 Å². The molecule has 0 spiro atoms. The molecule has 2 nitrogen and oxygen atoms in total. The Bertz CT molecular complexity index is 27.0. The molecular formula is H3InO2Sn. The molecule has 0 heterocycles. The third-order valence-corrected chi connectivity index (χ3v) is 0. The summed E-state index contributed by atoms with van der Waals surface area (Å²) >= 11 is -2.27. The maximum atomic E-state index is 8.54. The summed E-state index contributed by atoms with van der Waals surface area (Å²) < 4.78 is 17.1. The molecule has 0 aromatic rings. The summed E-state index contributed by atoms with van der Waals surface area (Å²) in [7, 11) is 0. The van der Waals surface area contributed by atoms with Crippen LogP contribution in [0, 0.1) is 0 Å². The zero-order valence-electron chi connectivity index (χ0n) is 1.32. The van der Waals surface area contributed by atoms with Gasteiger partial charge < -0.3 is 0 Å². The summed E-state index contributed by atoms with van der Waals surface area (Å²) in [5.74, 6) is 0. The topological polar surface area (TPSA) is 34.1 Å². The Morgan fingerprint density at radius 2 is 1.25 bits per heavy atom. The number of rotatable bonds is 0. The first-order chi connectivity index (χ1) is 1.41. The van der Waals surface area contributed by atoms with Crippen LogP contribution in [0.5, 0.6) is 0 Å². The molecule has 0 aliphatic heterocycles. The molecule has 0 amide bonds. The van der Waals surface area contributed by atoms with E-state index in [1.165, 1.54) is 0 Å². The van der Waals surface area contributed by atoms with Crippen LogP contribution in [0.4, 0.5) is 0 Å². The van der Waals surface area contributed by atoms with Gasteiger partial charge in [0.15, 0.2) is 0 Å². The third-order valence-electron chi connectivity index (χ3n) is 0. The Labute approximate surface area is 52.7 Å². The molecule has 0 unspecified atom stereocenters. The summed E-state index contributed by atoms with van der Waals surface area (Å²) in [6.45, 7) is 0. The number of hydrogen-bond donors (Lipinski definition) is 0. The standard InChI is InChI=1S/In.2O.Sn.3H. The fourth-order valence-electron chi connectivity index (χ4n) is 0. The second-order valence-corrected chi connectivity index (χ2v) is 0.559. The molecule has 0 aliphatic carbocycles. The quantitative estimate of drug-likeness (QED) is 0.486. The van der Waals surface area contributed by atoms with Crippen molar-refractivity contribution in [2.75, 3.05) is 0 Å². The van der Waals surface area contributed by atoms with Crippen LogP contribution in [0.1, 0.15) is 0 Å². The molecule has 0 fully saturated rings. The Balaban J connectivity index is 0. The van der Waals surface area contributed by atoms with Crippen LogP contribution >= 0.6 is 0 Å². The van der Waals surface area contributed by atoms with E-state index in [-0.39, 0.29) is 25.8 Å². The average molecular weight is 269 g/mol. The summed E-state index contributed by atoms with van der Waals surface area (Å²) in [5.41, 5.74) is 0. The predicted molar refractivity (Wildman–Crippen MR) is 17.1 cm³/mol. The van der Waals surface area contributed by atoms with Crippen LogP contribution in [-0.2, 0) is 6.15 Å². The Kier molecular flexibility index (Phi) is 19.9. The van der Waals surface area contributed by atoms with Crippen molar-refractivity contribution >= 4 is 47.0 Å². The maximum absolute atomic E-state index is 8.54.